The van der Waals surface area contributed by atoms with Gasteiger partial charge in [0.25, 0.3) is 0 Å². The van der Waals surface area contributed by atoms with E-state index in [0.717, 1.165) is 27.4 Å². The second-order valence-electron chi connectivity index (χ2n) is 4.72. The largest absolute Gasteiger partial charge is 0.417 e. The molecule has 0 atom stereocenters. The van der Waals surface area contributed by atoms with Crippen molar-refractivity contribution in [2.24, 2.45) is 0 Å². The first-order valence-corrected chi connectivity index (χ1v) is 8.12. The Balaban J connectivity index is 2.41. The van der Waals surface area contributed by atoms with E-state index in [1.165, 1.54) is 6.07 Å². The molecule has 2 aromatic rings. The van der Waals surface area contributed by atoms with Crippen molar-refractivity contribution in [3.8, 4) is 6.07 Å². The third-order valence-corrected chi connectivity index (χ3v) is 4.65. The van der Waals surface area contributed by atoms with Crippen LogP contribution < -0.4 is 5.56 Å². The number of nitriles is 1. The Morgan fingerprint density at radius 2 is 2.04 bits per heavy atom. The molecule has 0 fully saturated rings. The van der Waals surface area contributed by atoms with Crippen LogP contribution in [0.15, 0.2) is 38.6 Å². The van der Waals surface area contributed by atoms with Crippen LogP contribution in [0.3, 0.4) is 0 Å². The van der Waals surface area contributed by atoms with Crippen LogP contribution in [0.1, 0.15) is 22.3 Å². The van der Waals surface area contributed by atoms with Gasteiger partial charge in [-0.05, 0) is 30.2 Å². The van der Waals surface area contributed by atoms with E-state index < -0.39 is 22.9 Å². The summed E-state index contributed by atoms with van der Waals surface area (Å²) >= 11 is 4.32. The fraction of sp³-hybridized carbons (Fsp3) is 0.200. The number of halogens is 4. The fourth-order valence-corrected chi connectivity index (χ4v) is 3.42. The van der Waals surface area contributed by atoms with Crippen LogP contribution in [0.5, 0.6) is 0 Å². The fourth-order valence-electron chi connectivity index (χ4n) is 1.92. The molecule has 1 heterocycles. The summed E-state index contributed by atoms with van der Waals surface area (Å²) in [6.07, 6.45) is -4.75. The number of aromatic amines is 1. The van der Waals surface area contributed by atoms with E-state index in [0.29, 0.717) is 11.8 Å². The topological polar surface area (TPSA) is 56.6 Å². The van der Waals surface area contributed by atoms with Crippen molar-refractivity contribution in [1.29, 1.82) is 5.26 Å². The first kappa shape index (κ1) is 17.6. The van der Waals surface area contributed by atoms with Crippen LogP contribution in [-0.4, -0.2) is 4.98 Å². The Kier molecular flexibility index (Phi) is 5.22. The Bertz CT molecular complexity index is 840. The minimum atomic E-state index is -4.75. The van der Waals surface area contributed by atoms with Crippen molar-refractivity contribution in [2.75, 3.05) is 0 Å². The van der Waals surface area contributed by atoms with Crippen molar-refractivity contribution in [3.05, 3.63) is 61.3 Å². The van der Waals surface area contributed by atoms with E-state index in [-0.39, 0.29) is 5.03 Å². The molecule has 23 heavy (non-hydrogen) atoms. The summed E-state index contributed by atoms with van der Waals surface area (Å²) in [6, 6.07) is 7.53. The number of benzene rings is 1. The van der Waals surface area contributed by atoms with E-state index in [1.54, 1.807) is 0 Å². The Labute approximate surface area is 142 Å². The van der Waals surface area contributed by atoms with Gasteiger partial charge in [-0.25, -0.2) is 0 Å². The van der Waals surface area contributed by atoms with Gasteiger partial charge in [0.2, 0.25) is 5.56 Å². The Morgan fingerprint density at radius 1 is 1.35 bits per heavy atom. The van der Waals surface area contributed by atoms with Crippen LogP contribution in [0.4, 0.5) is 13.2 Å². The number of hydrogen-bond donors (Lipinski definition) is 1. The van der Waals surface area contributed by atoms with E-state index in [4.69, 9.17) is 5.26 Å². The van der Waals surface area contributed by atoms with Gasteiger partial charge < -0.3 is 4.98 Å². The van der Waals surface area contributed by atoms with Gasteiger partial charge in [-0.1, -0.05) is 22.0 Å². The second-order valence-corrected chi connectivity index (χ2v) is 6.62. The van der Waals surface area contributed by atoms with Crippen molar-refractivity contribution in [1.82, 2.24) is 4.98 Å². The number of nitrogens with zero attached hydrogens (tertiary/aromatic N) is 1. The lowest BCUT2D eigenvalue weighted by atomic mass is 10.1. The second kappa shape index (κ2) is 6.81. The molecular weight excluding hydrogens is 393 g/mol. The smallest absolute Gasteiger partial charge is 0.316 e. The average Bonchev–Trinajstić information content (AvgIpc) is 2.46. The molecule has 120 valence electrons. The van der Waals surface area contributed by atoms with Crippen molar-refractivity contribution < 1.29 is 13.2 Å². The van der Waals surface area contributed by atoms with Crippen LogP contribution in [0.25, 0.3) is 0 Å². The molecule has 0 radical (unpaired) electrons. The predicted molar refractivity (Wildman–Crippen MR) is 85.2 cm³/mol. The maximum atomic E-state index is 13.0. The van der Waals surface area contributed by atoms with Crippen molar-refractivity contribution in [2.45, 2.75) is 23.9 Å². The maximum absolute atomic E-state index is 13.0. The molecule has 0 aliphatic heterocycles. The lowest BCUT2D eigenvalue weighted by molar-refractivity contribution is -0.138. The number of pyridine rings is 1. The van der Waals surface area contributed by atoms with Gasteiger partial charge in [-0.3, -0.25) is 4.79 Å². The molecule has 1 aromatic heterocycles. The molecule has 1 N–H and O–H groups in total. The number of alkyl halides is 3. The molecule has 0 aliphatic carbocycles. The summed E-state index contributed by atoms with van der Waals surface area (Å²) in [5.74, 6) is 0.331. The molecule has 8 heteroatoms. The van der Waals surface area contributed by atoms with Gasteiger partial charge in [-0.15, -0.1) is 11.8 Å². The number of rotatable bonds is 3. The minimum absolute atomic E-state index is 0.0771. The summed E-state index contributed by atoms with van der Waals surface area (Å²) in [5, 5.41) is 8.98. The summed E-state index contributed by atoms with van der Waals surface area (Å²) in [6.45, 7) is 1.88. The zero-order valence-corrected chi connectivity index (χ0v) is 14.2. The summed E-state index contributed by atoms with van der Waals surface area (Å²) < 4.78 is 39.7. The SMILES string of the molecule is Cc1ccc(Br)cc1CSc1[nH]c(=O)cc(C(F)(F)F)c1C#N. The third-order valence-electron chi connectivity index (χ3n) is 3.11. The molecule has 0 bridgehead atoms. The number of thioether (sulfide) groups is 1. The molecule has 0 aliphatic rings. The summed E-state index contributed by atoms with van der Waals surface area (Å²) in [7, 11) is 0. The summed E-state index contributed by atoms with van der Waals surface area (Å²) in [5.41, 5.74) is -0.795. The quantitative estimate of drug-likeness (QED) is 0.761. The predicted octanol–water partition coefficient (Wildman–Crippen LogP) is 4.63. The molecule has 0 unspecified atom stereocenters. The number of aromatic nitrogens is 1. The van der Waals surface area contributed by atoms with Crippen LogP contribution >= 0.6 is 27.7 Å². The standard InChI is InChI=1S/C15H10BrF3N2OS/c1-8-2-3-10(16)4-9(8)7-23-14-11(6-20)12(15(17,18)19)5-13(22)21-14/h2-5H,7H2,1H3,(H,21,22). The van der Waals surface area contributed by atoms with Crippen LogP contribution in [0, 0.1) is 18.3 Å². The molecule has 0 amide bonds. The molecule has 0 spiro atoms. The maximum Gasteiger partial charge on any atom is 0.417 e. The van der Waals surface area contributed by atoms with Gasteiger partial charge >= 0.3 is 6.18 Å². The minimum Gasteiger partial charge on any atom is -0.316 e. The first-order valence-electron chi connectivity index (χ1n) is 6.35. The van der Waals surface area contributed by atoms with Crippen LogP contribution in [0.2, 0.25) is 0 Å². The van der Waals surface area contributed by atoms with E-state index in [1.807, 2.05) is 25.1 Å². The molecule has 3 nitrogen and oxygen atoms in total. The van der Waals surface area contributed by atoms with Gasteiger partial charge in [0.05, 0.1) is 16.2 Å². The van der Waals surface area contributed by atoms with Gasteiger partial charge in [0.1, 0.15) is 6.07 Å². The normalized spacial score (nSPS) is 11.3. The van der Waals surface area contributed by atoms with Gasteiger partial charge in [0, 0.05) is 16.3 Å². The molecular formula is C15H10BrF3N2OS. The lowest BCUT2D eigenvalue weighted by Crippen LogP contribution is -2.17. The molecule has 1 aromatic carbocycles. The number of H-pyrrole nitrogens is 1. The van der Waals surface area contributed by atoms with Crippen molar-refractivity contribution >= 4 is 27.7 Å². The van der Waals surface area contributed by atoms with Gasteiger partial charge in [0.15, 0.2) is 0 Å². The Morgan fingerprint density at radius 3 is 2.65 bits per heavy atom. The van der Waals surface area contributed by atoms with Gasteiger partial charge in [-0.2, -0.15) is 18.4 Å². The summed E-state index contributed by atoms with van der Waals surface area (Å²) in [4.78, 5) is 13.8. The van der Waals surface area contributed by atoms with E-state index in [9.17, 15) is 18.0 Å². The van der Waals surface area contributed by atoms with E-state index >= 15 is 0 Å². The average molecular weight is 403 g/mol. The number of aryl methyl sites for hydroxylation is 1. The first-order chi connectivity index (χ1) is 10.7. The molecule has 0 saturated heterocycles. The molecule has 2 rings (SSSR count). The Hall–Kier alpha value is -1.72. The van der Waals surface area contributed by atoms with Crippen molar-refractivity contribution in [3.63, 3.8) is 0 Å². The lowest BCUT2D eigenvalue weighted by Gasteiger charge is -2.12. The zero-order valence-electron chi connectivity index (χ0n) is 11.8. The number of nitrogens with one attached hydrogen (secondary N) is 1. The van der Waals surface area contributed by atoms with E-state index in [2.05, 4.69) is 20.9 Å². The van der Waals surface area contributed by atoms with Crippen LogP contribution in [-0.2, 0) is 11.9 Å². The highest BCUT2D eigenvalue weighted by Gasteiger charge is 2.35. The zero-order chi connectivity index (χ0) is 17.2. The third kappa shape index (κ3) is 4.18. The number of hydrogen-bond acceptors (Lipinski definition) is 3. The monoisotopic (exact) mass is 402 g/mol. The highest BCUT2D eigenvalue weighted by molar-refractivity contribution is 9.10. The molecule has 0 saturated carbocycles. The highest BCUT2D eigenvalue weighted by atomic mass is 79.9. The highest BCUT2D eigenvalue weighted by Crippen LogP contribution is 2.35.